The zero-order valence-corrected chi connectivity index (χ0v) is 15.8. The maximum Gasteiger partial charge on any atom is 0.271 e. The molecule has 2 aromatic rings. The van der Waals surface area contributed by atoms with Crippen LogP contribution in [0.5, 0.6) is 0 Å². The van der Waals surface area contributed by atoms with Crippen molar-refractivity contribution in [3.63, 3.8) is 0 Å². The Morgan fingerprint density at radius 1 is 1.07 bits per heavy atom. The summed E-state index contributed by atoms with van der Waals surface area (Å²) in [5, 5.41) is 3.18. The fourth-order valence-electron chi connectivity index (χ4n) is 4.43. The zero-order chi connectivity index (χ0) is 18.5. The molecule has 0 spiro atoms. The first-order chi connectivity index (χ1) is 13.3. The second kappa shape index (κ2) is 8.31. The number of morpholine rings is 1. The van der Waals surface area contributed by atoms with Crippen LogP contribution >= 0.6 is 0 Å². The molecule has 2 aliphatic rings. The number of nitrogens with one attached hydrogen (secondary N) is 1. The highest BCUT2D eigenvalue weighted by Gasteiger charge is 2.38. The molecule has 1 amide bonds. The van der Waals surface area contributed by atoms with E-state index in [4.69, 9.17) is 4.74 Å². The SMILES string of the molecule is O=C(NCC1(N2CCOCC2)CCCCCC1)c1cnc2ccccc2n1. The maximum atomic E-state index is 12.8. The van der Waals surface area contributed by atoms with Crippen molar-refractivity contribution in [2.24, 2.45) is 0 Å². The third-order valence-electron chi connectivity index (χ3n) is 5.98. The Morgan fingerprint density at radius 3 is 2.52 bits per heavy atom. The number of hydrogen-bond donors (Lipinski definition) is 1. The van der Waals surface area contributed by atoms with Gasteiger partial charge in [0.15, 0.2) is 0 Å². The lowest BCUT2D eigenvalue weighted by molar-refractivity contribution is -0.0281. The van der Waals surface area contributed by atoms with Crippen molar-refractivity contribution in [2.75, 3.05) is 32.8 Å². The highest BCUT2D eigenvalue weighted by atomic mass is 16.5. The van der Waals surface area contributed by atoms with Gasteiger partial charge in [-0.2, -0.15) is 0 Å². The molecular weight excluding hydrogens is 340 g/mol. The normalized spacial score (nSPS) is 20.9. The largest absolute Gasteiger partial charge is 0.379 e. The number of ether oxygens (including phenoxy) is 1. The smallest absolute Gasteiger partial charge is 0.271 e. The van der Waals surface area contributed by atoms with E-state index >= 15 is 0 Å². The van der Waals surface area contributed by atoms with Gasteiger partial charge in [0.1, 0.15) is 5.69 Å². The van der Waals surface area contributed by atoms with Gasteiger partial charge >= 0.3 is 0 Å². The van der Waals surface area contributed by atoms with Crippen LogP contribution in [0.25, 0.3) is 11.0 Å². The van der Waals surface area contributed by atoms with Crippen LogP contribution < -0.4 is 5.32 Å². The molecule has 1 N–H and O–H groups in total. The molecule has 0 bridgehead atoms. The molecule has 1 saturated carbocycles. The van der Waals surface area contributed by atoms with Gasteiger partial charge < -0.3 is 10.1 Å². The molecule has 6 nitrogen and oxygen atoms in total. The zero-order valence-electron chi connectivity index (χ0n) is 15.8. The van der Waals surface area contributed by atoms with Gasteiger partial charge in [-0.15, -0.1) is 0 Å². The monoisotopic (exact) mass is 368 g/mol. The van der Waals surface area contributed by atoms with E-state index in [2.05, 4.69) is 20.2 Å². The van der Waals surface area contributed by atoms with Gasteiger partial charge in [0.2, 0.25) is 0 Å². The summed E-state index contributed by atoms with van der Waals surface area (Å²) in [5.74, 6) is -0.134. The van der Waals surface area contributed by atoms with Gasteiger partial charge in [-0.1, -0.05) is 37.8 Å². The molecular formula is C21H28N4O2. The van der Waals surface area contributed by atoms with Gasteiger partial charge in [0, 0.05) is 25.2 Å². The van der Waals surface area contributed by atoms with Crippen LogP contribution in [0.1, 0.15) is 49.0 Å². The van der Waals surface area contributed by atoms with E-state index < -0.39 is 0 Å². The molecule has 2 heterocycles. The predicted octanol–water partition coefficient (Wildman–Crippen LogP) is 2.78. The average molecular weight is 368 g/mol. The molecule has 144 valence electrons. The van der Waals surface area contributed by atoms with Crippen molar-refractivity contribution in [3.05, 3.63) is 36.2 Å². The van der Waals surface area contributed by atoms with E-state index in [1.165, 1.54) is 25.7 Å². The quantitative estimate of drug-likeness (QED) is 0.841. The molecule has 0 unspecified atom stereocenters. The molecule has 1 aromatic carbocycles. The van der Waals surface area contributed by atoms with E-state index in [1.54, 1.807) is 6.20 Å². The summed E-state index contributed by atoms with van der Waals surface area (Å²) < 4.78 is 5.56. The lowest BCUT2D eigenvalue weighted by Gasteiger charge is -2.45. The summed E-state index contributed by atoms with van der Waals surface area (Å²) in [6, 6.07) is 7.63. The van der Waals surface area contributed by atoms with Gasteiger partial charge in [-0.25, -0.2) is 4.98 Å². The molecule has 2 fully saturated rings. The summed E-state index contributed by atoms with van der Waals surface area (Å²) in [5.41, 5.74) is 1.99. The van der Waals surface area contributed by atoms with Crippen LogP contribution in [0.4, 0.5) is 0 Å². The van der Waals surface area contributed by atoms with Crippen LogP contribution in [-0.4, -0.2) is 59.2 Å². The summed E-state index contributed by atoms with van der Waals surface area (Å²) in [6.07, 6.45) is 8.87. The summed E-state index contributed by atoms with van der Waals surface area (Å²) in [6.45, 7) is 4.13. The minimum absolute atomic E-state index is 0.0419. The van der Waals surface area contributed by atoms with Crippen molar-refractivity contribution in [2.45, 2.75) is 44.1 Å². The highest BCUT2D eigenvalue weighted by molar-refractivity contribution is 5.93. The lowest BCUT2D eigenvalue weighted by Crippen LogP contribution is -2.58. The molecule has 0 radical (unpaired) electrons. The Kier molecular flexibility index (Phi) is 5.64. The first-order valence-corrected chi connectivity index (χ1v) is 10.1. The number of para-hydroxylation sites is 2. The molecule has 1 aliphatic heterocycles. The van der Waals surface area contributed by atoms with Crippen LogP contribution in [0.15, 0.2) is 30.5 Å². The predicted molar refractivity (Wildman–Crippen MR) is 105 cm³/mol. The standard InChI is InChI=1S/C21H28N4O2/c26-20(19-15-22-17-7-3-4-8-18(17)24-19)23-16-21(9-5-1-2-6-10-21)25-11-13-27-14-12-25/h3-4,7-8,15H,1-2,5-6,9-14,16H2,(H,23,26). The number of fused-ring (bicyclic) bond motifs is 1. The highest BCUT2D eigenvalue weighted by Crippen LogP contribution is 2.33. The van der Waals surface area contributed by atoms with Gasteiger partial charge in [-0.3, -0.25) is 14.7 Å². The maximum absolute atomic E-state index is 12.8. The van der Waals surface area contributed by atoms with Crippen molar-refractivity contribution >= 4 is 16.9 Å². The van der Waals surface area contributed by atoms with Crippen molar-refractivity contribution in [1.29, 1.82) is 0 Å². The van der Waals surface area contributed by atoms with Crippen molar-refractivity contribution in [1.82, 2.24) is 20.2 Å². The third kappa shape index (κ3) is 4.12. The first-order valence-electron chi connectivity index (χ1n) is 10.1. The number of amides is 1. The van der Waals surface area contributed by atoms with E-state index in [1.807, 2.05) is 24.3 Å². The Hall–Kier alpha value is -2.05. The van der Waals surface area contributed by atoms with Crippen molar-refractivity contribution < 1.29 is 9.53 Å². The molecule has 1 aromatic heterocycles. The molecule has 0 atom stereocenters. The third-order valence-corrected chi connectivity index (χ3v) is 5.98. The van der Waals surface area contributed by atoms with E-state index in [9.17, 15) is 4.79 Å². The van der Waals surface area contributed by atoms with Crippen molar-refractivity contribution in [3.8, 4) is 0 Å². The number of benzene rings is 1. The molecule has 6 heteroatoms. The Labute approximate surface area is 160 Å². The van der Waals surface area contributed by atoms with Gasteiger partial charge in [-0.05, 0) is 25.0 Å². The Morgan fingerprint density at radius 2 is 1.78 bits per heavy atom. The summed E-state index contributed by atoms with van der Waals surface area (Å²) in [7, 11) is 0. The number of hydrogen-bond acceptors (Lipinski definition) is 5. The minimum Gasteiger partial charge on any atom is -0.379 e. The lowest BCUT2D eigenvalue weighted by atomic mass is 9.87. The van der Waals surface area contributed by atoms with Crippen LogP contribution in [0, 0.1) is 0 Å². The molecule has 4 rings (SSSR count). The van der Waals surface area contributed by atoms with Gasteiger partial charge in [0.05, 0.1) is 30.4 Å². The number of carbonyl (C=O) groups is 1. The molecule has 27 heavy (non-hydrogen) atoms. The average Bonchev–Trinajstić information content (AvgIpc) is 2.99. The van der Waals surface area contributed by atoms with E-state index in [0.29, 0.717) is 12.2 Å². The fraction of sp³-hybridized carbons (Fsp3) is 0.571. The number of rotatable bonds is 4. The topological polar surface area (TPSA) is 67.4 Å². The van der Waals surface area contributed by atoms with Gasteiger partial charge in [0.25, 0.3) is 5.91 Å². The minimum atomic E-state index is -0.134. The molecule has 1 aliphatic carbocycles. The van der Waals surface area contributed by atoms with E-state index in [-0.39, 0.29) is 11.4 Å². The second-order valence-corrected chi connectivity index (χ2v) is 7.66. The number of carbonyl (C=O) groups excluding carboxylic acids is 1. The van der Waals surface area contributed by atoms with Crippen LogP contribution in [-0.2, 0) is 4.74 Å². The van der Waals surface area contributed by atoms with Crippen LogP contribution in [0.2, 0.25) is 0 Å². The van der Waals surface area contributed by atoms with E-state index in [0.717, 1.165) is 50.2 Å². The fourth-order valence-corrected chi connectivity index (χ4v) is 4.43. The Balaban J connectivity index is 1.49. The summed E-state index contributed by atoms with van der Waals surface area (Å²) >= 11 is 0. The number of nitrogens with zero attached hydrogens (tertiary/aromatic N) is 3. The second-order valence-electron chi connectivity index (χ2n) is 7.66. The Bertz CT molecular complexity index is 781. The molecule has 1 saturated heterocycles. The first kappa shape index (κ1) is 18.3. The van der Waals surface area contributed by atoms with Crippen LogP contribution in [0.3, 0.4) is 0 Å². The number of aromatic nitrogens is 2. The summed E-state index contributed by atoms with van der Waals surface area (Å²) in [4.78, 5) is 24.2.